The Balaban J connectivity index is 1.93. The van der Waals surface area contributed by atoms with Crippen LogP contribution in [0, 0.1) is 11.3 Å². The van der Waals surface area contributed by atoms with Crippen molar-refractivity contribution in [1.82, 2.24) is 9.88 Å². The molecule has 2 rings (SSSR count). The van der Waals surface area contributed by atoms with Crippen molar-refractivity contribution in [3.63, 3.8) is 0 Å². The molecule has 0 amide bonds. The van der Waals surface area contributed by atoms with Gasteiger partial charge in [0.05, 0.1) is 4.88 Å². The fraction of sp³-hybridized carbons (Fsp3) is 0.467. The number of hydrogen-bond donors (Lipinski definition) is 1. The summed E-state index contributed by atoms with van der Waals surface area (Å²) in [5.41, 5.74) is 0.321. The van der Waals surface area contributed by atoms with E-state index in [2.05, 4.69) is 35.1 Å². The van der Waals surface area contributed by atoms with E-state index in [9.17, 15) is 0 Å². The molecule has 2 aromatic heterocycles. The van der Waals surface area contributed by atoms with Crippen molar-refractivity contribution in [1.29, 1.82) is 5.26 Å². The highest BCUT2D eigenvalue weighted by Gasteiger charge is 2.14. The summed E-state index contributed by atoms with van der Waals surface area (Å²) in [4.78, 5) is 7.53. The molecule has 0 aliphatic carbocycles. The lowest BCUT2D eigenvalue weighted by Crippen LogP contribution is -2.25. The maximum atomic E-state index is 9.13. The normalized spacial score (nSPS) is 10.8. The zero-order valence-corrected chi connectivity index (χ0v) is 13.2. The van der Waals surface area contributed by atoms with E-state index in [0.29, 0.717) is 17.5 Å². The summed E-state index contributed by atoms with van der Waals surface area (Å²) in [6.45, 7) is 8.25. The predicted octanol–water partition coefficient (Wildman–Crippen LogP) is 3.42. The zero-order valence-electron chi connectivity index (χ0n) is 12.4. The smallest absolute Gasteiger partial charge is 0.240 e. The van der Waals surface area contributed by atoms with Crippen molar-refractivity contribution in [3.05, 3.63) is 23.2 Å². The van der Waals surface area contributed by atoms with E-state index in [-0.39, 0.29) is 0 Å². The topological polar surface area (TPSA) is 65.1 Å². The second-order valence-electron chi connectivity index (χ2n) is 4.59. The number of thiophene rings is 1. The third kappa shape index (κ3) is 4.06. The van der Waals surface area contributed by atoms with Gasteiger partial charge in [-0.2, -0.15) is 10.2 Å². The Morgan fingerprint density at radius 2 is 2.24 bits per heavy atom. The third-order valence-corrected chi connectivity index (χ3v) is 4.15. The van der Waals surface area contributed by atoms with Gasteiger partial charge in [-0.15, -0.1) is 11.3 Å². The first-order valence-corrected chi connectivity index (χ1v) is 8.07. The van der Waals surface area contributed by atoms with Gasteiger partial charge in [0.1, 0.15) is 6.07 Å². The van der Waals surface area contributed by atoms with Gasteiger partial charge in [0.25, 0.3) is 0 Å². The lowest BCUT2D eigenvalue weighted by molar-refractivity contribution is 0.302. The van der Waals surface area contributed by atoms with E-state index in [0.717, 1.165) is 37.5 Å². The van der Waals surface area contributed by atoms with E-state index in [4.69, 9.17) is 9.68 Å². The Morgan fingerprint density at radius 3 is 2.86 bits per heavy atom. The highest BCUT2D eigenvalue weighted by atomic mass is 32.1. The van der Waals surface area contributed by atoms with Gasteiger partial charge >= 0.3 is 0 Å². The molecule has 5 nitrogen and oxygen atoms in total. The number of aromatic nitrogens is 1. The Kier molecular flexibility index (Phi) is 5.78. The molecule has 0 saturated carbocycles. The first kappa shape index (κ1) is 15.5. The van der Waals surface area contributed by atoms with Crippen LogP contribution in [-0.4, -0.2) is 36.1 Å². The van der Waals surface area contributed by atoms with Crippen LogP contribution in [0.2, 0.25) is 0 Å². The molecule has 0 unspecified atom stereocenters. The molecular weight excluding hydrogens is 284 g/mol. The Morgan fingerprint density at radius 1 is 1.43 bits per heavy atom. The molecule has 6 heteroatoms. The van der Waals surface area contributed by atoms with Crippen LogP contribution >= 0.6 is 11.3 Å². The van der Waals surface area contributed by atoms with Gasteiger partial charge in [-0.25, -0.2) is 0 Å². The number of hydrogen-bond acceptors (Lipinski definition) is 6. The molecule has 2 aromatic rings. The Bertz CT molecular complexity index is 581. The molecule has 0 atom stereocenters. The van der Waals surface area contributed by atoms with Crippen LogP contribution in [0.5, 0.6) is 0 Å². The largest absolute Gasteiger partial charge is 0.418 e. The highest BCUT2D eigenvalue weighted by Crippen LogP contribution is 2.28. The summed E-state index contributed by atoms with van der Waals surface area (Å²) < 4.78 is 5.66. The van der Waals surface area contributed by atoms with Gasteiger partial charge in [0, 0.05) is 6.54 Å². The fourth-order valence-corrected chi connectivity index (χ4v) is 2.71. The van der Waals surface area contributed by atoms with Crippen LogP contribution in [0.1, 0.15) is 26.0 Å². The van der Waals surface area contributed by atoms with Crippen LogP contribution in [0.25, 0.3) is 10.8 Å². The minimum Gasteiger partial charge on any atom is -0.418 e. The molecule has 0 aliphatic heterocycles. The van der Waals surface area contributed by atoms with Crippen LogP contribution in [0.4, 0.5) is 5.88 Å². The van der Waals surface area contributed by atoms with Crippen molar-refractivity contribution in [2.24, 2.45) is 0 Å². The maximum absolute atomic E-state index is 9.13. The number of nitrogens with one attached hydrogen (secondary N) is 1. The molecule has 0 aliphatic rings. The van der Waals surface area contributed by atoms with Gasteiger partial charge in [-0.05, 0) is 37.5 Å². The monoisotopic (exact) mass is 304 g/mol. The molecule has 112 valence electrons. The quantitative estimate of drug-likeness (QED) is 0.757. The second-order valence-corrected chi connectivity index (χ2v) is 5.54. The average Bonchev–Trinajstić information content (AvgIpc) is 3.16. The summed E-state index contributed by atoms with van der Waals surface area (Å²) in [7, 11) is 0. The number of nitriles is 1. The van der Waals surface area contributed by atoms with E-state index in [1.54, 1.807) is 11.3 Å². The molecule has 21 heavy (non-hydrogen) atoms. The average molecular weight is 304 g/mol. The van der Waals surface area contributed by atoms with Crippen LogP contribution in [-0.2, 0) is 0 Å². The first-order valence-electron chi connectivity index (χ1n) is 7.19. The Hall–Kier alpha value is -1.84. The molecule has 0 aromatic carbocycles. The number of nitrogens with zero attached hydrogens (tertiary/aromatic N) is 3. The minimum absolute atomic E-state index is 0.321. The summed E-state index contributed by atoms with van der Waals surface area (Å²) in [6.07, 6.45) is 1.00. The van der Waals surface area contributed by atoms with Crippen molar-refractivity contribution < 1.29 is 4.42 Å². The third-order valence-electron chi connectivity index (χ3n) is 3.30. The van der Waals surface area contributed by atoms with Gasteiger partial charge in [-0.3, -0.25) is 0 Å². The molecule has 2 heterocycles. The SMILES string of the molecule is CCN(CC)CCCNc1oc(-c2cccs2)nc1C#N. The number of oxazole rings is 1. The first-order chi connectivity index (χ1) is 10.3. The highest BCUT2D eigenvalue weighted by molar-refractivity contribution is 7.13. The molecule has 0 radical (unpaired) electrons. The Labute approximate surface area is 129 Å². The van der Waals surface area contributed by atoms with Gasteiger partial charge < -0.3 is 14.6 Å². The number of anilines is 1. The summed E-state index contributed by atoms with van der Waals surface area (Å²) in [5.74, 6) is 0.980. The minimum atomic E-state index is 0.321. The van der Waals surface area contributed by atoms with Crippen LogP contribution < -0.4 is 5.32 Å². The van der Waals surface area contributed by atoms with E-state index in [1.165, 1.54) is 0 Å². The second kappa shape index (κ2) is 7.81. The lowest BCUT2D eigenvalue weighted by atomic mass is 10.3. The molecule has 1 N–H and O–H groups in total. The molecule has 0 spiro atoms. The van der Waals surface area contributed by atoms with E-state index < -0.39 is 0 Å². The molecular formula is C15H20N4OS. The van der Waals surface area contributed by atoms with Gasteiger partial charge in [0.15, 0.2) is 0 Å². The van der Waals surface area contributed by atoms with Crippen molar-refractivity contribution in [3.8, 4) is 16.8 Å². The van der Waals surface area contributed by atoms with E-state index in [1.807, 2.05) is 17.5 Å². The van der Waals surface area contributed by atoms with Crippen LogP contribution in [0.3, 0.4) is 0 Å². The maximum Gasteiger partial charge on any atom is 0.240 e. The standard InChI is InChI=1S/C15H20N4OS/c1-3-19(4-2)9-6-8-17-14-12(11-16)18-15(20-14)13-7-5-10-21-13/h5,7,10,17H,3-4,6,8-9H2,1-2H3. The van der Waals surface area contributed by atoms with Gasteiger partial charge in [0.2, 0.25) is 17.5 Å². The summed E-state index contributed by atoms with van der Waals surface area (Å²) in [6, 6.07) is 5.95. The van der Waals surface area contributed by atoms with Crippen molar-refractivity contribution in [2.45, 2.75) is 20.3 Å². The summed E-state index contributed by atoms with van der Waals surface area (Å²) in [5, 5.41) is 14.3. The molecule has 0 saturated heterocycles. The van der Waals surface area contributed by atoms with Crippen molar-refractivity contribution in [2.75, 3.05) is 31.5 Å². The number of rotatable bonds is 8. The van der Waals surface area contributed by atoms with Gasteiger partial charge in [-0.1, -0.05) is 19.9 Å². The van der Waals surface area contributed by atoms with Crippen molar-refractivity contribution >= 4 is 17.2 Å². The molecule has 0 bridgehead atoms. The summed E-state index contributed by atoms with van der Waals surface area (Å²) >= 11 is 1.55. The molecule has 0 fully saturated rings. The van der Waals surface area contributed by atoms with E-state index >= 15 is 0 Å². The zero-order chi connectivity index (χ0) is 15.1. The predicted molar refractivity (Wildman–Crippen MR) is 85.4 cm³/mol. The van der Waals surface area contributed by atoms with Crippen LogP contribution in [0.15, 0.2) is 21.9 Å². The lowest BCUT2D eigenvalue weighted by Gasteiger charge is -2.17. The fourth-order valence-electron chi connectivity index (χ4n) is 2.07.